The molecule has 144 valence electrons. The van der Waals surface area contributed by atoms with Crippen LogP contribution in [0.4, 0.5) is 13.2 Å². The van der Waals surface area contributed by atoms with Gasteiger partial charge in [-0.15, -0.1) is 23.7 Å². The van der Waals surface area contributed by atoms with Gasteiger partial charge in [0, 0.05) is 16.8 Å². The van der Waals surface area contributed by atoms with Crippen LogP contribution < -0.4 is 5.73 Å². The fourth-order valence-electron chi connectivity index (χ4n) is 2.34. The number of fused-ring (bicyclic) bond motifs is 1. The van der Waals surface area contributed by atoms with Crippen LogP contribution in [0.1, 0.15) is 25.9 Å². The molecule has 0 atom stereocenters. The van der Waals surface area contributed by atoms with E-state index >= 15 is 0 Å². The van der Waals surface area contributed by atoms with E-state index in [1.807, 2.05) is 0 Å². The molecule has 4 nitrogen and oxygen atoms in total. The molecule has 0 amide bonds. The zero-order valence-corrected chi connectivity index (χ0v) is 16.5. The molecule has 2 N–H and O–H groups in total. The normalized spacial score (nSPS) is 11.4. The third kappa shape index (κ3) is 4.98. The van der Waals surface area contributed by atoms with Crippen LogP contribution >= 0.6 is 35.5 Å². The molecule has 0 bridgehead atoms. The number of Topliss-reactive ketones (excluding diaryl/α,β-unsaturated/α-hetero) is 1. The molecule has 0 spiro atoms. The number of thioether (sulfide) groups is 1. The van der Waals surface area contributed by atoms with Crippen LogP contribution in [0, 0.1) is 6.92 Å². The molecule has 0 saturated carbocycles. The monoisotopic (exact) mass is 433 g/mol. The first-order valence-electron chi connectivity index (χ1n) is 7.58. The Hall–Kier alpha value is -1.68. The third-order valence-electron chi connectivity index (χ3n) is 3.58. The number of hydrogen-bond acceptors (Lipinski definition) is 6. The first kappa shape index (κ1) is 21.6. The Balaban J connectivity index is 0.00000261. The quantitative estimate of drug-likeness (QED) is 0.353. The summed E-state index contributed by atoms with van der Waals surface area (Å²) >= 11 is 2.43. The molecule has 0 unspecified atom stereocenters. The highest BCUT2D eigenvalue weighted by Crippen LogP contribution is 2.34. The lowest BCUT2D eigenvalue weighted by Gasteiger charge is -2.10. The first-order valence-corrected chi connectivity index (χ1v) is 9.38. The summed E-state index contributed by atoms with van der Waals surface area (Å²) in [5.41, 5.74) is 5.19. The standard InChI is InChI=1S/C17H14F3N3OS2.ClH/c1-9-22-13-4-2-10(17(18,19)20)6-12(13)16(23-9)25-8-14(24)15-5-3-11(7-21)26-15;/h2-6H,7-8,21H2,1H3;1H. The first-order chi connectivity index (χ1) is 12.3. The van der Waals surface area contributed by atoms with Gasteiger partial charge in [-0.05, 0) is 37.3 Å². The van der Waals surface area contributed by atoms with Crippen LogP contribution in [0.5, 0.6) is 0 Å². The summed E-state index contributed by atoms with van der Waals surface area (Å²) in [7, 11) is 0. The van der Waals surface area contributed by atoms with Gasteiger partial charge in [-0.2, -0.15) is 13.2 Å². The highest BCUT2D eigenvalue weighted by atomic mass is 35.5. The van der Waals surface area contributed by atoms with Gasteiger partial charge in [0.1, 0.15) is 10.9 Å². The van der Waals surface area contributed by atoms with E-state index in [1.54, 1.807) is 19.1 Å². The predicted molar refractivity (Wildman–Crippen MR) is 104 cm³/mol. The molecule has 2 heterocycles. The number of halogens is 4. The van der Waals surface area contributed by atoms with Crippen LogP contribution in [0.2, 0.25) is 0 Å². The minimum absolute atomic E-state index is 0. The number of benzene rings is 1. The van der Waals surface area contributed by atoms with Gasteiger partial charge in [0.15, 0.2) is 5.78 Å². The molecular formula is C17H15ClF3N3OS2. The number of carbonyl (C=O) groups excluding carboxylic acids is 1. The number of aryl methyl sites for hydroxylation is 1. The fourth-order valence-corrected chi connectivity index (χ4v) is 4.19. The maximum Gasteiger partial charge on any atom is 0.416 e. The van der Waals surface area contributed by atoms with Crippen molar-refractivity contribution in [2.75, 3.05) is 5.75 Å². The van der Waals surface area contributed by atoms with E-state index in [0.717, 1.165) is 28.8 Å². The largest absolute Gasteiger partial charge is 0.416 e. The van der Waals surface area contributed by atoms with Crippen molar-refractivity contribution in [3.05, 3.63) is 51.5 Å². The van der Waals surface area contributed by atoms with E-state index in [4.69, 9.17) is 5.73 Å². The lowest BCUT2D eigenvalue weighted by atomic mass is 10.1. The van der Waals surface area contributed by atoms with Gasteiger partial charge in [0.2, 0.25) is 0 Å². The van der Waals surface area contributed by atoms with Crippen molar-refractivity contribution < 1.29 is 18.0 Å². The Kier molecular flexibility index (Phi) is 6.85. The smallest absolute Gasteiger partial charge is 0.326 e. The molecule has 2 aromatic heterocycles. The predicted octanol–water partition coefficient (Wildman–Crippen LogP) is 4.87. The second kappa shape index (κ2) is 8.55. The second-order valence-corrected chi connectivity index (χ2v) is 7.62. The number of hydrogen-bond donors (Lipinski definition) is 1. The third-order valence-corrected chi connectivity index (χ3v) is 5.72. The molecule has 0 saturated heterocycles. The summed E-state index contributed by atoms with van der Waals surface area (Å²) in [6, 6.07) is 6.85. The molecular weight excluding hydrogens is 419 g/mol. The zero-order valence-electron chi connectivity index (χ0n) is 14.0. The molecule has 27 heavy (non-hydrogen) atoms. The van der Waals surface area contributed by atoms with Gasteiger partial charge in [0.05, 0.1) is 21.7 Å². The van der Waals surface area contributed by atoms with Crippen molar-refractivity contribution in [1.29, 1.82) is 0 Å². The van der Waals surface area contributed by atoms with Crippen LogP contribution in [0.3, 0.4) is 0 Å². The Labute approximate surface area is 167 Å². The summed E-state index contributed by atoms with van der Waals surface area (Å²) in [4.78, 5) is 22.2. The van der Waals surface area contributed by atoms with Crippen molar-refractivity contribution in [2.45, 2.75) is 24.7 Å². The zero-order chi connectivity index (χ0) is 18.9. The van der Waals surface area contributed by atoms with Crippen LogP contribution in [-0.2, 0) is 12.7 Å². The Morgan fingerprint density at radius 3 is 2.59 bits per heavy atom. The lowest BCUT2D eigenvalue weighted by molar-refractivity contribution is -0.137. The van der Waals surface area contributed by atoms with Crippen molar-refractivity contribution in [3.63, 3.8) is 0 Å². The van der Waals surface area contributed by atoms with Gasteiger partial charge in [0.25, 0.3) is 0 Å². The number of nitrogens with zero attached hydrogens (tertiary/aromatic N) is 2. The van der Waals surface area contributed by atoms with Crippen molar-refractivity contribution in [1.82, 2.24) is 9.97 Å². The number of aromatic nitrogens is 2. The Bertz CT molecular complexity index is 976. The minimum Gasteiger partial charge on any atom is -0.326 e. The lowest BCUT2D eigenvalue weighted by Crippen LogP contribution is -2.06. The summed E-state index contributed by atoms with van der Waals surface area (Å²) in [5, 5.41) is 0.652. The van der Waals surface area contributed by atoms with Crippen molar-refractivity contribution in [2.24, 2.45) is 5.73 Å². The molecule has 10 heteroatoms. The number of carbonyl (C=O) groups is 1. The molecule has 3 rings (SSSR count). The molecule has 0 fully saturated rings. The van der Waals surface area contributed by atoms with E-state index in [0.29, 0.717) is 27.8 Å². The Morgan fingerprint density at radius 2 is 1.96 bits per heavy atom. The van der Waals surface area contributed by atoms with E-state index in [-0.39, 0.29) is 29.3 Å². The highest BCUT2D eigenvalue weighted by Gasteiger charge is 2.31. The molecule has 0 aliphatic rings. The highest BCUT2D eigenvalue weighted by molar-refractivity contribution is 8.00. The fraction of sp³-hybridized carbons (Fsp3) is 0.235. The maximum atomic E-state index is 13.0. The molecule has 0 aliphatic carbocycles. The van der Waals surface area contributed by atoms with Gasteiger partial charge < -0.3 is 5.73 Å². The number of ketones is 1. The molecule has 0 aliphatic heterocycles. The van der Waals surface area contributed by atoms with Gasteiger partial charge >= 0.3 is 6.18 Å². The number of rotatable bonds is 5. The van der Waals surface area contributed by atoms with Gasteiger partial charge in [-0.1, -0.05) is 11.8 Å². The van der Waals surface area contributed by atoms with E-state index in [2.05, 4.69) is 9.97 Å². The molecule has 0 radical (unpaired) electrons. The summed E-state index contributed by atoms with van der Waals surface area (Å²) in [6.07, 6.45) is -4.45. The topological polar surface area (TPSA) is 68.9 Å². The number of nitrogens with two attached hydrogens (primary N) is 1. The van der Waals surface area contributed by atoms with Crippen LogP contribution in [0.15, 0.2) is 35.4 Å². The number of thiophene rings is 1. The van der Waals surface area contributed by atoms with Crippen molar-refractivity contribution in [3.8, 4) is 0 Å². The van der Waals surface area contributed by atoms with E-state index in [1.165, 1.54) is 17.4 Å². The second-order valence-electron chi connectivity index (χ2n) is 5.49. The van der Waals surface area contributed by atoms with E-state index < -0.39 is 11.7 Å². The average Bonchev–Trinajstić information content (AvgIpc) is 3.07. The van der Waals surface area contributed by atoms with Crippen molar-refractivity contribution >= 4 is 52.2 Å². The van der Waals surface area contributed by atoms with E-state index in [9.17, 15) is 18.0 Å². The summed E-state index contributed by atoms with van der Waals surface area (Å²) in [5.74, 6) is 0.400. The van der Waals surface area contributed by atoms with Gasteiger partial charge in [-0.3, -0.25) is 4.79 Å². The Morgan fingerprint density at radius 1 is 1.22 bits per heavy atom. The van der Waals surface area contributed by atoms with Crippen LogP contribution in [-0.4, -0.2) is 21.5 Å². The molecule has 3 aromatic rings. The SMILES string of the molecule is Cc1nc(SCC(=O)c2ccc(CN)s2)c2cc(C(F)(F)F)ccc2n1.Cl. The van der Waals surface area contributed by atoms with Crippen LogP contribution in [0.25, 0.3) is 10.9 Å². The number of alkyl halides is 3. The summed E-state index contributed by atoms with van der Waals surface area (Å²) < 4.78 is 39.0. The van der Waals surface area contributed by atoms with Gasteiger partial charge in [-0.25, -0.2) is 9.97 Å². The average molecular weight is 434 g/mol. The minimum atomic E-state index is -4.45. The summed E-state index contributed by atoms with van der Waals surface area (Å²) in [6.45, 7) is 2.02. The maximum absolute atomic E-state index is 13.0. The molecule has 1 aromatic carbocycles.